The molecule has 1 rings (SSSR count). The van der Waals surface area contributed by atoms with Crippen LogP contribution in [0.25, 0.3) is 0 Å². The zero-order chi connectivity index (χ0) is 11.1. The molecular weight excluding hydrogens is 190 g/mol. The molecule has 3 nitrogen and oxygen atoms in total. The van der Waals surface area contributed by atoms with E-state index < -0.39 is 5.97 Å². The number of nitrogens with two attached hydrogens (primary N) is 1. The Morgan fingerprint density at radius 3 is 2.40 bits per heavy atom. The van der Waals surface area contributed by atoms with Gasteiger partial charge in [0.05, 0.1) is 0 Å². The third-order valence-electron chi connectivity index (χ3n) is 3.34. The highest BCUT2D eigenvalue weighted by molar-refractivity contribution is 5.66. The van der Waals surface area contributed by atoms with E-state index in [1.807, 2.05) is 0 Å². The summed E-state index contributed by atoms with van der Waals surface area (Å²) < 4.78 is 0. The fraction of sp³-hybridized carbons (Fsp3) is 0.917. The van der Waals surface area contributed by atoms with E-state index in [1.165, 1.54) is 38.5 Å². The quantitative estimate of drug-likeness (QED) is 0.690. The molecule has 0 aliphatic heterocycles. The summed E-state index contributed by atoms with van der Waals surface area (Å²) in [5.74, 6) is 0.0163. The smallest absolute Gasteiger partial charge is 0.303 e. The van der Waals surface area contributed by atoms with Gasteiger partial charge in [0.15, 0.2) is 0 Å². The minimum atomic E-state index is -0.730. The van der Waals surface area contributed by atoms with E-state index in [2.05, 4.69) is 0 Å². The lowest BCUT2D eigenvalue weighted by atomic mass is 9.91. The molecule has 0 radical (unpaired) electrons. The minimum absolute atomic E-state index is 0.0872. The molecule has 1 aliphatic rings. The van der Waals surface area contributed by atoms with Gasteiger partial charge in [-0.25, -0.2) is 0 Å². The summed E-state index contributed by atoms with van der Waals surface area (Å²) in [5, 5.41) is 8.56. The largest absolute Gasteiger partial charge is 0.481 e. The van der Waals surface area contributed by atoms with Gasteiger partial charge in [0, 0.05) is 12.5 Å². The van der Waals surface area contributed by atoms with Gasteiger partial charge in [-0.2, -0.15) is 0 Å². The second-order valence-corrected chi connectivity index (χ2v) is 4.79. The van der Waals surface area contributed by atoms with Crippen LogP contribution < -0.4 is 5.73 Å². The average molecular weight is 213 g/mol. The van der Waals surface area contributed by atoms with Crippen molar-refractivity contribution in [2.45, 2.75) is 63.8 Å². The van der Waals surface area contributed by atoms with Crippen LogP contribution in [0.4, 0.5) is 0 Å². The highest BCUT2D eigenvalue weighted by Crippen LogP contribution is 2.26. The highest BCUT2D eigenvalue weighted by atomic mass is 16.4. The Bertz CT molecular complexity index is 186. The molecule has 0 aromatic rings. The standard InChI is InChI=1S/C12H23NO2/c13-11(7-8-12(14)15)9-10-5-3-1-2-4-6-10/h10-11H,1-9,13H2,(H,14,15). The topological polar surface area (TPSA) is 63.3 Å². The number of hydrogen-bond acceptors (Lipinski definition) is 2. The molecule has 1 saturated carbocycles. The molecule has 0 aromatic carbocycles. The van der Waals surface area contributed by atoms with Crippen LogP contribution in [0.5, 0.6) is 0 Å². The number of hydrogen-bond donors (Lipinski definition) is 2. The number of rotatable bonds is 5. The zero-order valence-electron chi connectivity index (χ0n) is 9.45. The Labute approximate surface area is 92.0 Å². The third kappa shape index (κ3) is 5.78. The fourth-order valence-electron chi connectivity index (χ4n) is 2.45. The van der Waals surface area contributed by atoms with E-state index in [4.69, 9.17) is 10.8 Å². The van der Waals surface area contributed by atoms with Crippen molar-refractivity contribution in [1.82, 2.24) is 0 Å². The van der Waals surface area contributed by atoms with Crippen molar-refractivity contribution in [1.29, 1.82) is 0 Å². The molecule has 0 spiro atoms. The first kappa shape index (κ1) is 12.5. The zero-order valence-corrected chi connectivity index (χ0v) is 9.45. The maximum Gasteiger partial charge on any atom is 0.303 e. The second kappa shape index (κ2) is 6.83. The van der Waals surface area contributed by atoms with Crippen LogP contribution in [0.1, 0.15) is 57.8 Å². The van der Waals surface area contributed by atoms with Crippen molar-refractivity contribution in [2.24, 2.45) is 11.7 Å². The molecular formula is C12H23NO2. The SMILES string of the molecule is NC(CCC(=O)O)CC1CCCCCC1. The fourth-order valence-corrected chi connectivity index (χ4v) is 2.45. The molecule has 0 amide bonds. The maximum atomic E-state index is 10.4. The Kier molecular flexibility index (Phi) is 5.69. The Balaban J connectivity index is 2.17. The van der Waals surface area contributed by atoms with Crippen molar-refractivity contribution in [3.8, 4) is 0 Å². The van der Waals surface area contributed by atoms with Gasteiger partial charge in [-0.1, -0.05) is 38.5 Å². The third-order valence-corrected chi connectivity index (χ3v) is 3.34. The summed E-state index contributed by atoms with van der Waals surface area (Å²) in [4.78, 5) is 10.4. The Hall–Kier alpha value is -0.570. The van der Waals surface area contributed by atoms with E-state index in [0.717, 1.165) is 12.3 Å². The van der Waals surface area contributed by atoms with Crippen molar-refractivity contribution in [3.63, 3.8) is 0 Å². The Morgan fingerprint density at radius 2 is 1.87 bits per heavy atom. The van der Waals surface area contributed by atoms with Gasteiger partial charge in [-0.05, 0) is 18.8 Å². The van der Waals surface area contributed by atoms with Crippen molar-refractivity contribution >= 4 is 5.97 Å². The van der Waals surface area contributed by atoms with E-state index in [-0.39, 0.29) is 12.5 Å². The van der Waals surface area contributed by atoms with Gasteiger partial charge in [0.25, 0.3) is 0 Å². The predicted molar refractivity (Wildman–Crippen MR) is 60.7 cm³/mol. The van der Waals surface area contributed by atoms with Crippen LogP contribution in [0.3, 0.4) is 0 Å². The van der Waals surface area contributed by atoms with Crippen LogP contribution in [0, 0.1) is 5.92 Å². The number of carbonyl (C=O) groups is 1. The van der Waals surface area contributed by atoms with Crippen LogP contribution in [0.2, 0.25) is 0 Å². The van der Waals surface area contributed by atoms with Gasteiger partial charge >= 0.3 is 5.97 Å². The van der Waals surface area contributed by atoms with Crippen molar-refractivity contribution in [3.05, 3.63) is 0 Å². The molecule has 0 heterocycles. The van der Waals surface area contributed by atoms with Crippen molar-refractivity contribution < 1.29 is 9.90 Å². The number of carboxylic acid groups (broad SMARTS) is 1. The van der Waals surface area contributed by atoms with Gasteiger partial charge < -0.3 is 10.8 Å². The van der Waals surface area contributed by atoms with E-state index in [9.17, 15) is 4.79 Å². The molecule has 3 N–H and O–H groups in total. The Morgan fingerprint density at radius 1 is 1.27 bits per heavy atom. The first-order valence-corrected chi connectivity index (χ1v) is 6.16. The molecule has 0 saturated heterocycles. The summed E-state index contributed by atoms with van der Waals surface area (Å²) in [6.45, 7) is 0. The molecule has 15 heavy (non-hydrogen) atoms. The summed E-state index contributed by atoms with van der Waals surface area (Å²) in [6.07, 6.45) is 9.84. The van der Waals surface area contributed by atoms with Crippen molar-refractivity contribution in [2.75, 3.05) is 0 Å². The molecule has 0 aromatic heterocycles. The first-order valence-electron chi connectivity index (χ1n) is 6.16. The number of carboxylic acids is 1. The molecule has 1 aliphatic carbocycles. The minimum Gasteiger partial charge on any atom is -0.481 e. The van der Waals surface area contributed by atoms with Gasteiger partial charge in [-0.3, -0.25) is 4.79 Å². The first-order chi connectivity index (χ1) is 7.18. The van der Waals surface area contributed by atoms with Gasteiger partial charge in [-0.15, -0.1) is 0 Å². The predicted octanol–water partition coefficient (Wildman–Crippen LogP) is 2.54. The number of aliphatic carboxylic acids is 1. The molecule has 1 unspecified atom stereocenters. The van der Waals surface area contributed by atoms with E-state index in [0.29, 0.717) is 6.42 Å². The van der Waals surface area contributed by atoms with E-state index in [1.54, 1.807) is 0 Å². The highest BCUT2D eigenvalue weighted by Gasteiger charge is 2.16. The van der Waals surface area contributed by atoms with Gasteiger partial charge in [0.1, 0.15) is 0 Å². The molecule has 1 fully saturated rings. The molecule has 88 valence electrons. The summed E-state index contributed by atoms with van der Waals surface area (Å²) >= 11 is 0. The van der Waals surface area contributed by atoms with Crippen LogP contribution in [-0.2, 0) is 4.79 Å². The molecule has 3 heteroatoms. The summed E-state index contributed by atoms with van der Waals surface area (Å²) in [5.41, 5.74) is 5.94. The summed E-state index contributed by atoms with van der Waals surface area (Å²) in [6, 6.07) is 0.0872. The van der Waals surface area contributed by atoms with Gasteiger partial charge in [0.2, 0.25) is 0 Å². The normalized spacial score (nSPS) is 20.9. The lowest BCUT2D eigenvalue weighted by Crippen LogP contribution is -2.24. The van der Waals surface area contributed by atoms with Crippen LogP contribution >= 0.6 is 0 Å². The maximum absolute atomic E-state index is 10.4. The van der Waals surface area contributed by atoms with Crippen LogP contribution in [-0.4, -0.2) is 17.1 Å². The lowest BCUT2D eigenvalue weighted by Gasteiger charge is -2.18. The monoisotopic (exact) mass is 213 g/mol. The summed E-state index contributed by atoms with van der Waals surface area (Å²) in [7, 11) is 0. The van der Waals surface area contributed by atoms with E-state index >= 15 is 0 Å². The lowest BCUT2D eigenvalue weighted by molar-refractivity contribution is -0.137. The average Bonchev–Trinajstić information content (AvgIpc) is 2.43. The molecule has 0 bridgehead atoms. The second-order valence-electron chi connectivity index (χ2n) is 4.79. The molecule has 1 atom stereocenters. The van der Waals surface area contributed by atoms with Crippen LogP contribution in [0.15, 0.2) is 0 Å².